The molecule has 1 aliphatic rings. The highest BCUT2D eigenvalue weighted by Gasteiger charge is 2.36. The number of hydrogen-bond acceptors (Lipinski definition) is 2. The summed E-state index contributed by atoms with van der Waals surface area (Å²) in [5, 5.41) is 6.49. The number of halogens is 2. The number of aldehydes is 1. The van der Waals surface area contributed by atoms with Crippen LogP contribution in [0.5, 0.6) is 0 Å². The van der Waals surface area contributed by atoms with Gasteiger partial charge in [-0.3, -0.25) is 9.89 Å². The van der Waals surface area contributed by atoms with Crippen LogP contribution in [0.2, 0.25) is 0 Å². The van der Waals surface area contributed by atoms with Crippen LogP contribution < -0.4 is 0 Å². The minimum atomic E-state index is -2.53. The van der Waals surface area contributed by atoms with E-state index in [1.165, 1.54) is 6.20 Å². The zero-order valence-corrected chi connectivity index (χ0v) is 8.17. The summed E-state index contributed by atoms with van der Waals surface area (Å²) >= 11 is 0. The van der Waals surface area contributed by atoms with E-state index in [1.807, 2.05) is 0 Å². The SMILES string of the molecule is O=Cc1cn[nH]c1C1CCC(F)(F)CC1. The number of rotatable bonds is 2. The van der Waals surface area contributed by atoms with Gasteiger partial charge in [0.1, 0.15) is 0 Å². The van der Waals surface area contributed by atoms with Crippen LogP contribution in [0.15, 0.2) is 6.20 Å². The molecule has 0 spiro atoms. The average molecular weight is 214 g/mol. The normalized spacial score (nSPS) is 21.5. The predicted octanol–water partition coefficient (Wildman–Crippen LogP) is 2.52. The van der Waals surface area contributed by atoms with Crippen LogP contribution in [-0.4, -0.2) is 22.4 Å². The van der Waals surface area contributed by atoms with E-state index < -0.39 is 5.92 Å². The summed E-state index contributed by atoms with van der Waals surface area (Å²) in [7, 11) is 0. The fraction of sp³-hybridized carbons (Fsp3) is 0.600. The molecule has 0 atom stereocenters. The number of carbonyl (C=O) groups is 1. The standard InChI is InChI=1S/C10H12F2N2O/c11-10(12)3-1-7(2-4-10)9-8(6-15)5-13-14-9/h5-7H,1-4H2,(H,13,14). The van der Waals surface area contributed by atoms with Gasteiger partial charge in [0.15, 0.2) is 6.29 Å². The van der Waals surface area contributed by atoms with E-state index in [-0.39, 0.29) is 18.8 Å². The molecule has 1 saturated carbocycles. The van der Waals surface area contributed by atoms with Crippen molar-refractivity contribution in [2.75, 3.05) is 0 Å². The predicted molar refractivity (Wildman–Crippen MR) is 50.1 cm³/mol. The number of H-pyrrole nitrogens is 1. The zero-order chi connectivity index (χ0) is 10.9. The average Bonchev–Trinajstić information content (AvgIpc) is 2.65. The van der Waals surface area contributed by atoms with E-state index in [1.54, 1.807) is 0 Å². The third kappa shape index (κ3) is 2.06. The minimum absolute atomic E-state index is 0.0207. The molecule has 1 aromatic heterocycles. The van der Waals surface area contributed by atoms with Crippen LogP contribution >= 0.6 is 0 Å². The summed E-state index contributed by atoms with van der Waals surface area (Å²) in [6, 6.07) is 0. The largest absolute Gasteiger partial charge is 0.298 e. The summed E-state index contributed by atoms with van der Waals surface area (Å²) in [6.07, 6.45) is 2.77. The van der Waals surface area contributed by atoms with E-state index in [0.717, 1.165) is 0 Å². The molecule has 0 saturated heterocycles. The van der Waals surface area contributed by atoms with Gasteiger partial charge in [0.2, 0.25) is 5.92 Å². The third-order valence-corrected chi connectivity index (χ3v) is 2.95. The Hall–Kier alpha value is -1.26. The first kappa shape index (κ1) is 10.3. The molecule has 82 valence electrons. The molecule has 0 aromatic carbocycles. The molecular weight excluding hydrogens is 202 g/mol. The van der Waals surface area contributed by atoms with Crippen LogP contribution in [0.25, 0.3) is 0 Å². The van der Waals surface area contributed by atoms with Gasteiger partial charge in [-0.05, 0) is 12.8 Å². The molecule has 0 aliphatic heterocycles. The van der Waals surface area contributed by atoms with Gasteiger partial charge in [-0.15, -0.1) is 0 Å². The summed E-state index contributed by atoms with van der Waals surface area (Å²) in [5.74, 6) is -2.51. The monoisotopic (exact) mass is 214 g/mol. The Morgan fingerprint density at radius 2 is 2.13 bits per heavy atom. The number of nitrogens with one attached hydrogen (secondary N) is 1. The fourth-order valence-corrected chi connectivity index (χ4v) is 2.06. The van der Waals surface area contributed by atoms with Crippen LogP contribution in [0.1, 0.15) is 47.7 Å². The number of hydrogen-bond donors (Lipinski definition) is 1. The molecule has 1 fully saturated rings. The number of nitrogens with zero attached hydrogens (tertiary/aromatic N) is 1. The lowest BCUT2D eigenvalue weighted by atomic mass is 9.84. The van der Waals surface area contributed by atoms with E-state index in [2.05, 4.69) is 10.2 Å². The van der Waals surface area contributed by atoms with Crippen LogP contribution in [-0.2, 0) is 0 Å². The van der Waals surface area contributed by atoms with Gasteiger partial charge in [0.05, 0.1) is 11.8 Å². The molecule has 0 amide bonds. The molecule has 1 aliphatic carbocycles. The summed E-state index contributed by atoms with van der Waals surface area (Å²) in [4.78, 5) is 10.7. The maximum Gasteiger partial charge on any atom is 0.248 e. The molecule has 0 radical (unpaired) electrons. The second-order valence-electron chi connectivity index (χ2n) is 3.99. The fourth-order valence-electron chi connectivity index (χ4n) is 2.06. The van der Waals surface area contributed by atoms with Crippen molar-refractivity contribution in [2.24, 2.45) is 0 Å². The van der Waals surface area contributed by atoms with E-state index >= 15 is 0 Å². The molecule has 0 unspecified atom stereocenters. The molecule has 0 bridgehead atoms. The van der Waals surface area contributed by atoms with Gasteiger partial charge < -0.3 is 0 Å². The Morgan fingerprint density at radius 1 is 1.47 bits per heavy atom. The van der Waals surface area contributed by atoms with E-state index in [9.17, 15) is 13.6 Å². The minimum Gasteiger partial charge on any atom is -0.298 e. The van der Waals surface area contributed by atoms with E-state index in [0.29, 0.717) is 30.4 Å². The Kier molecular flexibility index (Phi) is 2.54. The van der Waals surface area contributed by atoms with Gasteiger partial charge in [-0.25, -0.2) is 8.78 Å². The second kappa shape index (κ2) is 3.72. The lowest BCUT2D eigenvalue weighted by Gasteiger charge is -2.27. The van der Waals surface area contributed by atoms with Crippen molar-refractivity contribution < 1.29 is 13.6 Å². The maximum absolute atomic E-state index is 12.9. The first-order valence-corrected chi connectivity index (χ1v) is 4.99. The third-order valence-electron chi connectivity index (χ3n) is 2.95. The van der Waals surface area contributed by atoms with Crippen molar-refractivity contribution in [2.45, 2.75) is 37.5 Å². The van der Waals surface area contributed by atoms with Gasteiger partial charge in [0.25, 0.3) is 0 Å². The number of alkyl halides is 2. The lowest BCUT2D eigenvalue weighted by molar-refractivity contribution is -0.0385. The van der Waals surface area contributed by atoms with Crippen molar-refractivity contribution in [1.29, 1.82) is 0 Å². The van der Waals surface area contributed by atoms with Crippen molar-refractivity contribution in [1.82, 2.24) is 10.2 Å². The molecule has 2 rings (SSSR count). The van der Waals surface area contributed by atoms with Crippen molar-refractivity contribution >= 4 is 6.29 Å². The molecular formula is C10H12F2N2O. The lowest BCUT2D eigenvalue weighted by Crippen LogP contribution is -2.24. The number of aromatic amines is 1. The highest BCUT2D eigenvalue weighted by Crippen LogP contribution is 2.40. The molecule has 15 heavy (non-hydrogen) atoms. The van der Waals surface area contributed by atoms with Crippen LogP contribution in [0.3, 0.4) is 0 Å². The van der Waals surface area contributed by atoms with Crippen LogP contribution in [0, 0.1) is 0 Å². The zero-order valence-electron chi connectivity index (χ0n) is 8.17. The first-order chi connectivity index (χ1) is 7.12. The highest BCUT2D eigenvalue weighted by atomic mass is 19.3. The summed E-state index contributed by atoms with van der Waals surface area (Å²) in [5.41, 5.74) is 1.20. The van der Waals surface area contributed by atoms with Crippen LogP contribution in [0.4, 0.5) is 8.78 Å². The van der Waals surface area contributed by atoms with Gasteiger partial charge in [-0.1, -0.05) is 0 Å². The second-order valence-corrected chi connectivity index (χ2v) is 3.99. The highest BCUT2D eigenvalue weighted by molar-refractivity contribution is 5.76. The quantitative estimate of drug-likeness (QED) is 0.769. The molecule has 1 N–H and O–H groups in total. The molecule has 1 heterocycles. The maximum atomic E-state index is 12.9. The van der Waals surface area contributed by atoms with Gasteiger partial charge >= 0.3 is 0 Å². The Labute approximate surface area is 85.9 Å². The summed E-state index contributed by atoms with van der Waals surface area (Å²) in [6.45, 7) is 0. The van der Waals surface area contributed by atoms with Gasteiger partial charge in [0, 0.05) is 24.5 Å². The Morgan fingerprint density at radius 3 is 2.73 bits per heavy atom. The Bertz CT molecular complexity index is 352. The molecule has 5 heteroatoms. The van der Waals surface area contributed by atoms with E-state index in [4.69, 9.17) is 0 Å². The first-order valence-electron chi connectivity index (χ1n) is 4.99. The Balaban J connectivity index is 2.10. The number of aromatic nitrogens is 2. The number of carbonyl (C=O) groups excluding carboxylic acids is 1. The van der Waals surface area contributed by atoms with Gasteiger partial charge in [-0.2, -0.15) is 5.10 Å². The molecule has 1 aromatic rings. The van der Waals surface area contributed by atoms with Crippen molar-refractivity contribution in [3.63, 3.8) is 0 Å². The molecule has 3 nitrogen and oxygen atoms in total. The summed E-state index contributed by atoms with van der Waals surface area (Å²) < 4.78 is 25.8. The van der Waals surface area contributed by atoms with Crippen molar-refractivity contribution in [3.8, 4) is 0 Å². The smallest absolute Gasteiger partial charge is 0.248 e. The van der Waals surface area contributed by atoms with Crippen molar-refractivity contribution in [3.05, 3.63) is 17.5 Å². The topological polar surface area (TPSA) is 45.8 Å².